The molecule has 0 radical (unpaired) electrons. The average molecular weight is 557 g/mol. The van der Waals surface area contributed by atoms with E-state index in [0.717, 1.165) is 56.7 Å². The van der Waals surface area contributed by atoms with Crippen molar-refractivity contribution in [1.29, 1.82) is 0 Å². The lowest BCUT2D eigenvalue weighted by Crippen LogP contribution is -2.52. The number of aliphatic imine (C=N–C) groups is 1. The van der Waals surface area contributed by atoms with Gasteiger partial charge in [0.1, 0.15) is 12.9 Å². The number of guanidine groups is 1. The van der Waals surface area contributed by atoms with Crippen molar-refractivity contribution in [3.63, 3.8) is 0 Å². The van der Waals surface area contributed by atoms with Gasteiger partial charge in [0, 0.05) is 45.0 Å². The Hall–Kier alpha value is -2.72. The Kier molecular flexibility index (Phi) is 9.89. The Morgan fingerprint density at radius 3 is 2.39 bits per heavy atom. The fourth-order valence-corrected chi connectivity index (χ4v) is 3.79. The van der Waals surface area contributed by atoms with E-state index in [1.807, 2.05) is 41.0 Å². The van der Waals surface area contributed by atoms with Crippen LogP contribution >= 0.6 is 24.0 Å². The minimum Gasteiger partial charge on any atom is -0.357 e. The number of para-hydroxylation sites is 1. The van der Waals surface area contributed by atoms with E-state index in [1.54, 1.807) is 6.33 Å². The molecule has 0 aliphatic carbocycles. The maximum absolute atomic E-state index is 4.87. The summed E-state index contributed by atoms with van der Waals surface area (Å²) in [7, 11) is 0. The Morgan fingerprint density at radius 2 is 1.70 bits per heavy atom. The molecule has 0 amide bonds. The second-order valence-electron chi connectivity index (χ2n) is 7.72. The van der Waals surface area contributed by atoms with Crippen LogP contribution in [-0.4, -0.2) is 69.8 Å². The van der Waals surface area contributed by atoms with E-state index in [9.17, 15) is 0 Å². The van der Waals surface area contributed by atoms with Gasteiger partial charge in [-0.15, -0.1) is 34.2 Å². The van der Waals surface area contributed by atoms with Crippen LogP contribution in [0.1, 0.15) is 18.3 Å². The lowest BCUT2D eigenvalue weighted by atomic mass is 10.2. The highest BCUT2D eigenvalue weighted by atomic mass is 127. The van der Waals surface area contributed by atoms with Crippen molar-refractivity contribution in [1.82, 2.24) is 29.9 Å². The maximum atomic E-state index is 4.87. The number of benzene rings is 2. The monoisotopic (exact) mass is 557 g/mol. The fraction of sp³-hybridized carbons (Fsp3) is 0.320. The van der Waals surface area contributed by atoms with Crippen LogP contribution in [-0.2, 0) is 6.54 Å². The lowest BCUT2D eigenvalue weighted by Gasteiger charge is -2.36. The molecule has 1 aromatic heterocycles. The van der Waals surface area contributed by atoms with Crippen LogP contribution in [0.15, 0.2) is 78.1 Å². The van der Waals surface area contributed by atoms with E-state index in [2.05, 4.69) is 68.7 Å². The lowest BCUT2D eigenvalue weighted by molar-refractivity contribution is 0.194. The van der Waals surface area contributed by atoms with E-state index >= 15 is 0 Å². The molecule has 2 aromatic carbocycles. The molecule has 0 bridgehead atoms. The molecule has 1 saturated heterocycles. The summed E-state index contributed by atoms with van der Waals surface area (Å²) in [5.41, 5.74) is 2.29. The number of hydrogen-bond donors (Lipinski definition) is 1. The molecule has 1 aliphatic rings. The topological polar surface area (TPSA) is 61.6 Å². The quantitative estimate of drug-likeness (QED) is 0.273. The average Bonchev–Trinajstić information content (AvgIpc) is 3.32. The molecule has 2 heterocycles. The van der Waals surface area contributed by atoms with E-state index < -0.39 is 0 Å². The highest BCUT2D eigenvalue weighted by Crippen LogP contribution is 2.10. The molecule has 1 aliphatic heterocycles. The van der Waals surface area contributed by atoms with Crippen LogP contribution < -0.4 is 5.32 Å². The summed E-state index contributed by atoms with van der Waals surface area (Å²) in [6, 6.07) is 20.6. The highest BCUT2D eigenvalue weighted by molar-refractivity contribution is 14.0. The zero-order valence-corrected chi connectivity index (χ0v) is 21.4. The van der Waals surface area contributed by atoms with Crippen LogP contribution in [0.25, 0.3) is 11.8 Å². The summed E-state index contributed by atoms with van der Waals surface area (Å²) < 4.78 is 1.99. The Morgan fingerprint density at radius 1 is 1.00 bits per heavy atom. The van der Waals surface area contributed by atoms with Crippen LogP contribution in [0.4, 0.5) is 0 Å². The van der Waals surface area contributed by atoms with Crippen molar-refractivity contribution >= 4 is 36.0 Å². The van der Waals surface area contributed by atoms with Gasteiger partial charge in [-0.25, -0.2) is 4.99 Å². The zero-order valence-electron chi connectivity index (χ0n) is 19.0. The smallest absolute Gasteiger partial charge is 0.194 e. The molecule has 3 aromatic rings. The molecule has 0 atom stereocenters. The molecule has 0 spiro atoms. The second kappa shape index (κ2) is 13.1. The summed E-state index contributed by atoms with van der Waals surface area (Å²) in [6.07, 6.45) is 6.19. The molecule has 174 valence electrons. The number of piperazine rings is 1. The van der Waals surface area contributed by atoms with E-state index in [-0.39, 0.29) is 24.0 Å². The van der Waals surface area contributed by atoms with Crippen LogP contribution in [0.3, 0.4) is 0 Å². The Labute approximate surface area is 213 Å². The molecular weight excluding hydrogens is 525 g/mol. The summed E-state index contributed by atoms with van der Waals surface area (Å²) in [5, 5.41) is 11.8. The second-order valence-corrected chi connectivity index (χ2v) is 7.72. The SMILES string of the molecule is CCNC(=NCc1nncn1-c1ccccc1)N1CCN(C/C=C/c2ccccc2)CC1.I. The molecule has 1 N–H and O–H groups in total. The van der Waals surface area contributed by atoms with Crippen molar-refractivity contribution in [2.45, 2.75) is 13.5 Å². The molecule has 33 heavy (non-hydrogen) atoms. The number of halogens is 1. The van der Waals surface area contributed by atoms with Gasteiger partial charge in [-0.2, -0.15) is 0 Å². The summed E-state index contributed by atoms with van der Waals surface area (Å²) >= 11 is 0. The summed E-state index contributed by atoms with van der Waals surface area (Å²) in [6.45, 7) is 8.34. The van der Waals surface area contributed by atoms with E-state index in [4.69, 9.17) is 4.99 Å². The van der Waals surface area contributed by atoms with E-state index in [1.165, 1.54) is 5.56 Å². The van der Waals surface area contributed by atoms with Gasteiger partial charge in [0.25, 0.3) is 0 Å². The van der Waals surface area contributed by atoms with Gasteiger partial charge >= 0.3 is 0 Å². The Balaban J connectivity index is 0.00000306. The van der Waals surface area contributed by atoms with Crippen molar-refractivity contribution in [3.8, 4) is 5.69 Å². The first-order chi connectivity index (χ1) is 15.8. The molecule has 7 nitrogen and oxygen atoms in total. The first-order valence-electron chi connectivity index (χ1n) is 11.2. The molecule has 4 rings (SSSR count). The predicted octanol–water partition coefficient (Wildman–Crippen LogP) is 3.68. The van der Waals surface area contributed by atoms with Gasteiger partial charge in [0.05, 0.1) is 0 Å². The summed E-state index contributed by atoms with van der Waals surface area (Å²) in [5.74, 6) is 1.77. The Bertz CT molecular complexity index is 1010. The largest absolute Gasteiger partial charge is 0.357 e. The molecule has 8 heteroatoms. The maximum Gasteiger partial charge on any atom is 0.194 e. The number of nitrogens with one attached hydrogen (secondary N) is 1. The van der Waals surface area contributed by atoms with Gasteiger partial charge in [0.15, 0.2) is 11.8 Å². The van der Waals surface area contributed by atoms with Gasteiger partial charge in [-0.05, 0) is 24.6 Å². The predicted molar refractivity (Wildman–Crippen MR) is 145 cm³/mol. The van der Waals surface area contributed by atoms with Crippen molar-refractivity contribution in [2.24, 2.45) is 4.99 Å². The van der Waals surface area contributed by atoms with Crippen molar-refractivity contribution in [2.75, 3.05) is 39.3 Å². The summed E-state index contributed by atoms with van der Waals surface area (Å²) in [4.78, 5) is 9.68. The minimum absolute atomic E-state index is 0. The highest BCUT2D eigenvalue weighted by Gasteiger charge is 2.19. The number of hydrogen-bond acceptors (Lipinski definition) is 4. The third kappa shape index (κ3) is 7.13. The number of rotatable bonds is 7. The van der Waals surface area contributed by atoms with Gasteiger partial charge in [-0.3, -0.25) is 9.47 Å². The van der Waals surface area contributed by atoms with Gasteiger partial charge < -0.3 is 10.2 Å². The molecule has 0 saturated carbocycles. The third-order valence-corrected chi connectivity index (χ3v) is 5.50. The van der Waals surface area contributed by atoms with Crippen LogP contribution in [0.5, 0.6) is 0 Å². The van der Waals surface area contributed by atoms with Crippen LogP contribution in [0, 0.1) is 0 Å². The first-order valence-corrected chi connectivity index (χ1v) is 11.2. The normalized spacial score (nSPS) is 14.9. The van der Waals surface area contributed by atoms with Crippen LogP contribution in [0.2, 0.25) is 0 Å². The van der Waals surface area contributed by atoms with Crippen molar-refractivity contribution < 1.29 is 0 Å². The standard InChI is InChI=1S/C25H31N7.HI/c1-2-26-25(27-20-24-29-28-21-32(24)23-13-7-4-8-14-23)31-18-16-30(17-19-31)15-9-12-22-10-5-3-6-11-22;/h3-14,21H,2,15-20H2,1H3,(H,26,27);1H/b12-9+;. The first kappa shape index (κ1) is 24.9. The van der Waals surface area contributed by atoms with Gasteiger partial charge in [0.2, 0.25) is 0 Å². The number of nitrogens with zero attached hydrogens (tertiary/aromatic N) is 6. The van der Waals surface area contributed by atoms with Crippen molar-refractivity contribution in [3.05, 3.63) is 84.5 Å². The van der Waals surface area contributed by atoms with Gasteiger partial charge in [-0.1, -0.05) is 60.7 Å². The molecular formula is C25H32IN7. The fourth-order valence-electron chi connectivity index (χ4n) is 3.79. The third-order valence-electron chi connectivity index (χ3n) is 5.50. The number of aromatic nitrogens is 3. The minimum atomic E-state index is 0. The van der Waals surface area contributed by atoms with E-state index in [0.29, 0.717) is 6.54 Å². The molecule has 0 unspecified atom stereocenters. The molecule has 1 fully saturated rings. The zero-order chi connectivity index (χ0) is 22.0.